The molecule has 0 aromatic heterocycles. The predicted molar refractivity (Wildman–Crippen MR) is 63.0 cm³/mol. The lowest BCUT2D eigenvalue weighted by Crippen LogP contribution is -2.16. The zero-order valence-corrected chi connectivity index (χ0v) is 10.4. The highest BCUT2D eigenvalue weighted by Gasteiger charge is 2.17. The number of rotatable bonds is 11. The van der Waals surface area contributed by atoms with Crippen molar-refractivity contribution in [2.24, 2.45) is 5.92 Å². The fourth-order valence-electron chi connectivity index (χ4n) is 1.47. The van der Waals surface area contributed by atoms with Crippen LogP contribution in [-0.2, 0) is 14.3 Å². The van der Waals surface area contributed by atoms with Crippen molar-refractivity contribution >= 4 is 11.9 Å². The fraction of sp³-hybridized carbons (Fsp3) is 0.833. The quantitative estimate of drug-likeness (QED) is 0.546. The topological polar surface area (TPSA) is 83.8 Å². The first kappa shape index (κ1) is 15.9. The molecule has 0 spiro atoms. The minimum absolute atomic E-state index is 0.0282. The number of carbonyl (C=O) groups is 2. The highest BCUT2D eigenvalue weighted by molar-refractivity contribution is 5.70. The third-order valence-corrected chi connectivity index (χ3v) is 2.55. The molecule has 0 amide bonds. The first-order valence-electron chi connectivity index (χ1n) is 6.10. The van der Waals surface area contributed by atoms with E-state index in [0.717, 1.165) is 12.8 Å². The monoisotopic (exact) mass is 246 g/mol. The van der Waals surface area contributed by atoms with E-state index < -0.39 is 17.9 Å². The highest BCUT2D eigenvalue weighted by Crippen LogP contribution is 2.13. The van der Waals surface area contributed by atoms with E-state index in [0.29, 0.717) is 32.5 Å². The van der Waals surface area contributed by atoms with Gasteiger partial charge < -0.3 is 14.9 Å². The zero-order valence-electron chi connectivity index (χ0n) is 10.4. The molecule has 0 aliphatic carbocycles. The van der Waals surface area contributed by atoms with E-state index in [2.05, 4.69) is 6.92 Å². The molecule has 0 aromatic rings. The summed E-state index contributed by atoms with van der Waals surface area (Å²) in [6, 6.07) is 0. The second-order valence-corrected chi connectivity index (χ2v) is 4.08. The molecule has 0 aromatic carbocycles. The van der Waals surface area contributed by atoms with E-state index in [9.17, 15) is 9.59 Å². The van der Waals surface area contributed by atoms with Crippen LogP contribution in [0.25, 0.3) is 0 Å². The van der Waals surface area contributed by atoms with Gasteiger partial charge in [0.05, 0.1) is 5.92 Å². The van der Waals surface area contributed by atoms with E-state index >= 15 is 0 Å². The summed E-state index contributed by atoms with van der Waals surface area (Å²) in [6.45, 7) is 3.16. The van der Waals surface area contributed by atoms with E-state index in [1.165, 1.54) is 0 Å². The molecule has 5 heteroatoms. The summed E-state index contributed by atoms with van der Waals surface area (Å²) in [5.74, 6) is -2.24. The van der Waals surface area contributed by atoms with Gasteiger partial charge in [-0.25, -0.2) is 0 Å². The average molecular weight is 246 g/mol. The molecule has 0 bridgehead atoms. The Morgan fingerprint density at radius 3 is 2.35 bits per heavy atom. The van der Waals surface area contributed by atoms with Crippen LogP contribution in [0.15, 0.2) is 0 Å². The average Bonchev–Trinajstić information content (AvgIpc) is 2.25. The van der Waals surface area contributed by atoms with Crippen LogP contribution in [0.5, 0.6) is 0 Å². The number of unbranched alkanes of at least 4 members (excludes halogenated alkanes) is 1. The van der Waals surface area contributed by atoms with Gasteiger partial charge in [0.15, 0.2) is 0 Å². The summed E-state index contributed by atoms with van der Waals surface area (Å²) in [4.78, 5) is 21.2. The van der Waals surface area contributed by atoms with Crippen molar-refractivity contribution in [3.8, 4) is 0 Å². The smallest absolute Gasteiger partial charge is 0.306 e. The standard InChI is InChI=1S/C12H22O5/c1-2-3-8-17-9-7-10(12(15)16)5-4-6-11(13)14/h10H,2-9H2,1H3,(H,13,14)(H,15,16). The van der Waals surface area contributed by atoms with Crippen molar-refractivity contribution < 1.29 is 24.5 Å². The summed E-state index contributed by atoms with van der Waals surface area (Å²) in [6.07, 6.45) is 3.33. The van der Waals surface area contributed by atoms with Crippen LogP contribution < -0.4 is 0 Å². The van der Waals surface area contributed by atoms with Gasteiger partial charge >= 0.3 is 11.9 Å². The Morgan fingerprint density at radius 1 is 1.12 bits per heavy atom. The Hall–Kier alpha value is -1.10. The summed E-state index contributed by atoms with van der Waals surface area (Å²) in [5, 5.41) is 17.4. The molecule has 2 N–H and O–H groups in total. The van der Waals surface area contributed by atoms with Gasteiger partial charge in [0.1, 0.15) is 0 Å². The van der Waals surface area contributed by atoms with Gasteiger partial charge in [-0.2, -0.15) is 0 Å². The van der Waals surface area contributed by atoms with Crippen LogP contribution in [0.4, 0.5) is 0 Å². The van der Waals surface area contributed by atoms with Crippen molar-refractivity contribution in [2.75, 3.05) is 13.2 Å². The number of aliphatic carboxylic acids is 2. The Labute approximate surface area is 102 Å². The van der Waals surface area contributed by atoms with E-state index in [-0.39, 0.29) is 6.42 Å². The van der Waals surface area contributed by atoms with E-state index in [1.54, 1.807) is 0 Å². The van der Waals surface area contributed by atoms with Gasteiger partial charge in [-0.1, -0.05) is 13.3 Å². The SMILES string of the molecule is CCCCOCCC(CCCC(=O)O)C(=O)O. The summed E-state index contributed by atoms with van der Waals surface area (Å²) >= 11 is 0. The van der Waals surface area contributed by atoms with Crippen LogP contribution in [0.1, 0.15) is 45.4 Å². The molecule has 0 fully saturated rings. The van der Waals surface area contributed by atoms with Crippen LogP contribution in [-0.4, -0.2) is 35.4 Å². The number of hydrogen-bond donors (Lipinski definition) is 2. The lowest BCUT2D eigenvalue weighted by atomic mass is 9.99. The predicted octanol–water partition coefficient (Wildman–Crippen LogP) is 2.15. The van der Waals surface area contributed by atoms with Crippen molar-refractivity contribution in [2.45, 2.75) is 45.4 Å². The largest absolute Gasteiger partial charge is 0.481 e. The molecule has 1 atom stereocenters. The van der Waals surface area contributed by atoms with Gasteiger partial charge in [-0.15, -0.1) is 0 Å². The second-order valence-electron chi connectivity index (χ2n) is 4.08. The van der Waals surface area contributed by atoms with Crippen molar-refractivity contribution in [1.82, 2.24) is 0 Å². The van der Waals surface area contributed by atoms with Crippen LogP contribution >= 0.6 is 0 Å². The highest BCUT2D eigenvalue weighted by atomic mass is 16.5. The maximum absolute atomic E-state index is 10.9. The maximum Gasteiger partial charge on any atom is 0.306 e. The molecule has 0 saturated carbocycles. The molecule has 0 radical (unpaired) electrons. The molecule has 0 aliphatic heterocycles. The third kappa shape index (κ3) is 9.81. The molecule has 0 rings (SSSR count). The summed E-state index contributed by atoms with van der Waals surface area (Å²) < 4.78 is 5.30. The fourth-order valence-corrected chi connectivity index (χ4v) is 1.47. The molecule has 100 valence electrons. The third-order valence-electron chi connectivity index (χ3n) is 2.55. The first-order chi connectivity index (χ1) is 8.07. The normalized spacial score (nSPS) is 12.3. The minimum Gasteiger partial charge on any atom is -0.481 e. The molecule has 1 unspecified atom stereocenters. The molecular formula is C12H22O5. The van der Waals surface area contributed by atoms with Gasteiger partial charge in [0, 0.05) is 19.6 Å². The van der Waals surface area contributed by atoms with Gasteiger partial charge in [-0.05, 0) is 25.7 Å². The molecule has 0 heterocycles. The van der Waals surface area contributed by atoms with E-state index in [4.69, 9.17) is 14.9 Å². The minimum atomic E-state index is -0.881. The molecule has 0 aliphatic rings. The lowest BCUT2D eigenvalue weighted by molar-refractivity contribution is -0.143. The second kappa shape index (κ2) is 10.1. The number of carboxylic acids is 2. The van der Waals surface area contributed by atoms with Crippen molar-refractivity contribution in [3.63, 3.8) is 0 Å². The summed E-state index contributed by atoms with van der Waals surface area (Å²) in [7, 11) is 0. The number of hydrogen-bond acceptors (Lipinski definition) is 3. The Morgan fingerprint density at radius 2 is 1.82 bits per heavy atom. The number of carboxylic acid groups (broad SMARTS) is 2. The van der Waals surface area contributed by atoms with Crippen LogP contribution in [0.2, 0.25) is 0 Å². The van der Waals surface area contributed by atoms with Crippen molar-refractivity contribution in [3.05, 3.63) is 0 Å². The summed E-state index contributed by atoms with van der Waals surface area (Å²) in [5.41, 5.74) is 0. The van der Waals surface area contributed by atoms with Crippen molar-refractivity contribution in [1.29, 1.82) is 0 Å². The van der Waals surface area contributed by atoms with Gasteiger partial charge in [0.2, 0.25) is 0 Å². The Kier molecular flexibility index (Phi) is 9.43. The zero-order chi connectivity index (χ0) is 13.1. The Balaban J connectivity index is 3.67. The van der Waals surface area contributed by atoms with E-state index in [1.807, 2.05) is 0 Å². The first-order valence-corrected chi connectivity index (χ1v) is 6.10. The van der Waals surface area contributed by atoms with Gasteiger partial charge in [-0.3, -0.25) is 9.59 Å². The maximum atomic E-state index is 10.9. The Bertz CT molecular complexity index is 227. The molecule has 0 saturated heterocycles. The van der Waals surface area contributed by atoms with Gasteiger partial charge in [0.25, 0.3) is 0 Å². The lowest BCUT2D eigenvalue weighted by Gasteiger charge is -2.11. The molecule has 17 heavy (non-hydrogen) atoms. The molecule has 5 nitrogen and oxygen atoms in total. The van der Waals surface area contributed by atoms with Crippen LogP contribution in [0, 0.1) is 5.92 Å². The molecular weight excluding hydrogens is 224 g/mol. The van der Waals surface area contributed by atoms with Crippen LogP contribution in [0.3, 0.4) is 0 Å². The number of ether oxygens (including phenoxy) is 1.